The van der Waals surface area contributed by atoms with Crippen molar-refractivity contribution in [1.29, 1.82) is 0 Å². The molecule has 5 rings (SSSR count). The van der Waals surface area contributed by atoms with E-state index in [1.54, 1.807) is 36.4 Å². The van der Waals surface area contributed by atoms with Crippen LogP contribution in [0.4, 0.5) is 5.69 Å². The van der Waals surface area contributed by atoms with Crippen molar-refractivity contribution in [3.05, 3.63) is 74.9 Å². The number of fused-ring (bicyclic) bond motifs is 1. The number of halogens is 1. The molecule has 1 unspecified atom stereocenters. The zero-order valence-electron chi connectivity index (χ0n) is 17.4. The van der Waals surface area contributed by atoms with Crippen molar-refractivity contribution in [2.24, 2.45) is 0 Å². The minimum atomic E-state index is -0.836. The molecule has 3 heterocycles. The van der Waals surface area contributed by atoms with Gasteiger partial charge in [-0.15, -0.1) is 11.3 Å². The number of hydrogen-bond donors (Lipinski definition) is 1. The van der Waals surface area contributed by atoms with Gasteiger partial charge in [0.2, 0.25) is 6.79 Å². The van der Waals surface area contributed by atoms with Crippen LogP contribution in [0.5, 0.6) is 17.2 Å². The number of rotatable bonds is 5. The summed E-state index contributed by atoms with van der Waals surface area (Å²) in [6.07, 6.45) is 0. The number of ketones is 1. The van der Waals surface area contributed by atoms with Crippen molar-refractivity contribution in [3.8, 4) is 17.2 Å². The number of hydrogen-bond acceptors (Lipinski definition) is 7. The molecule has 1 amide bonds. The van der Waals surface area contributed by atoms with Crippen LogP contribution in [-0.2, 0) is 9.59 Å². The maximum atomic E-state index is 13.2. The van der Waals surface area contributed by atoms with Crippen molar-refractivity contribution in [2.75, 3.05) is 18.3 Å². The average molecular weight is 484 g/mol. The normalized spacial score (nSPS) is 18.7. The maximum absolute atomic E-state index is 13.2. The van der Waals surface area contributed by atoms with Gasteiger partial charge in [-0.05, 0) is 48.7 Å². The quantitative estimate of drug-likeness (QED) is 0.307. The lowest BCUT2D eigenvalue weighted by atomic mass is 9.99. The van der Waals surface area contributed by atoms with Gasteiger partial charge in [-0.25, -0.2) is 0 Å². The van der Waals surface area contributed by atoms with Crippen LogP contribution in [0.15, 0.2) is 59.5 Å². The molecule has 1 saturated heterocycles. The van der Waals surface area contributed by atoms with Crippen molar-refractivity contribution in [3.63, 3.8) is 0 Å². The number of anilines is 1. The fourth-order valence-electron chi connectivity index (χ4n) is 3.94. The van der Waals surface area contributed by atoms with E-state index in [9.17, 15) is 14.7 Å². The molecule has 3 aromatic rings. The Labute approximate surface area is 198 Å². The molecule has 168 valence electrons. The second-order valence-corrected chi connectivity index (χ2v) is 8.68. The van der Waals surface area contributed by atoms with E-state index < -0.39 is 17.7 Å². The van der Waals surface area contributed by atoms with Gasteiger partial charge in [0, 0.05) is 22.2 Å². The Bertz CT molecular complexity index is 1290. The topological polar surface area (TPSA) is 85.3 Å². The van der Waals surface area contributed by atoms with E-state index in [1.807, 2.05) is 24.4 Å². The van der Waals surface area contributed by atoms with Crippen LogP contribution in [0.25, 0.3) is 5.76 Å². The van der Waals surface area contributed by atoms with E-state index in [1.165, 1.54) is 16.2 Å². The Balaban J connectivity index is 1.68. The number of carbonyl (C=O) groups excluding carboxylic acids is 2. The monoisotopic (exact) mass is 483 g/mol. The molecular weight excluding hydrogens is 466 g/mol. The Hall–Kier alpha value is -3.49. The Morgan fingerprint density at radius 3 is 2.76 bits per heavy atom. The first-order valence-electron chi connectivity index (χ1n) is 10.2. The third kappa shape index (κ3) is 3.61. The smallest absolute Gasteiger partial charge is 0.300 e. The highest BCUT2D eigenvalue weighted by Gasteiger charge is 2.47. The van der Waals surface area contributed by atoms with Gasteiger partial charge in [0.25, 0.3) is 11.7 Å². The standard InChI is InChI=1S/C24H18ClNO6S/c1-2-30-14-6-7-16(25)15(11-14)22(27)20-21(19-4-3-9-33-19)26(24(29)23(20)28)13-5-8-17-18(10-13)32-12-31-17/h3-11,21,27H,2,12H2,1H3/b22-20-. The first-order valence-corrected chi connectivity index (χ1v) is 11.4. The van der Waals surface area contributed by atoms with Crippen LogP contribution in [0, 0.1) is 0 Å². The summed E-state index contributed by atoms with van der Waals surface area (Å²) in [5.41, 5.74) is 0.622. The highest BCUT2D eigenvalue weighted by molar-refractivity contribution is 7.10. The minimum Gasteiger partial charge on any atom is -0.507 e. The zero-order valence-corrected chi connectivity index (χ0v) is 19.0. The van der Waals surface area contributed by atoms with Gasteiger partial charge >= 0.3 is 0 Å². The first-order chi connectivity index (χ1) is 16.0. The molecule has 2 aliphatic rings. The third-order valence-electron chi connectivity index (χ3n) is 5.40. The van der Waals surface area contributed by atoms with Crippen molar-refractivity contribution >= 4 is 46.1 Å². The largest absolute Gasteiger partial charge is 0.507 e. The molecule has 1 atom stereocenters. The lowest BCUT2D eigenvalue weighted by molar-refractivity contribution is -0.132. The molecule has 1 N–H and O–H groups in total. The maximum Gasteiger partial charge on any atom is 0.300 e. The summed E-state index contributed by atoms with van der Waals surface area (Å²) in [4.78, 5) is 28.5. The van der Waals surface area contributed by atoms with E-state index >= 15 is 0 Å². The second-order valence-electron chi connectivity index (χ2n) is 7.30. The van der Waals surface area contributed by atoms with Crippen LogP contribution in [0.1, 0.15) is 23.4 Å². The highest BCUT2D eigenvalue weighted by Crippen LogP contribution is 2.46. The van der Waals surface area contributed by atoms with Gasteiger partial charge < -0.3 is 19.3 Å². The molecule has 0 radical (unpaired) electrons. The fourth-order valence-corrected chi connectivity index (χ4v) is 4.97. The predicted octanol–water partition coefficient (Wildman–Crippen LogP) is 5.16. The fraction of sp³-hybridized carbons (Fsp3) is 0.167. The number of carbonyl (C=O) groups is 2. The first kappa shape index (κ1) is 21.4. The predicted molar refractivity (Wildman–Crippen MR) is 124 cm³/mol. The van der Waals surface area contributed by atoms with Crippen LogP contribution in [0.3, 0.4) is 0 Å². The zero-order chi connectivity index (χ0) is 23.1. The van der Waals surface area contributed by atoms with Gasteiger partial charge in [-0.1, -0.05) is 17.7 Å². The molecule has 0 bridgehead atoms. The van der Waals surface area contributed by atoms with Crippen LogP contribution >= 0.6 is 22.9 Å². The Morgan fingerprint density at radius 1 is 1.18 bits per heavy atom. The molecule has 7 nitrogen and oxygen atoms in total. The summed E-state index contributed by atoms with van der Waals surface area (Å²) in [7, 11) is 0. The number of thiophene rings is 1. The molecule has 2 aromatic carbocycles. The highest BCUT2D eigenvalue weighted by atomic mass is 35.5. The van der Waals surface area contributed by atoms with Crippen molar-refractivity contribution < 1.29 is 28.9 Å². The Kier molecular flexibility index (Phi) is 5.47. The van der Waals surface area contributed by atoms with E-state index in [0.29, 0.717) is 34.4 Å². The summed E-state index contributed by atoms with van der Waals surface area (Å²) in [6, 6.07) is 12.6. The van der Waals surface area contributed by atoms with Crippen molar-refractivity contribution in [2.45, 2.75) is 13.0 Å². The van der Waals surface area contributed by atoms with Gasteiger partial charge in [0.05, 0.1) is 17.2 Å². The van der Waals surface area contributed by atoms with Crippen LogP contribution in [-0.4, -0.2) is 30.2 Å². The van der Waals surface area contributed by atoms with E-state index in [0.717, 1.165) is 0 Å². The molecule has 2 aliphatic heterocycles. The number of benzene rings is 2. The van der Waals surface area contributed by atoms with Gasteiger partial charge in [0.15, 0.2) is 11.5 Å². The molecule has 1 aromatic heterocycles. The van der Waals surface area contributed by atoms with Gasteiger partial charge in [-0.2, -0.15) is 0 Å². The summed E-state index contributed by atoms with van der Waals surface area (Å²) >= 11 is 7.73. The van der Waals surface area contributed by atoms with Gasteiger partial charge in [-0.3, -0.25) is 14.5 Å². The Morgan fingerprint density at radius 2 is 2.00 bits per heavy atom. The van der Waals surface area contributed by atoms with Crippen LogP contribution in [0.2, 0.25) is 5.02 Å². The summed E-state index contributed by atoms with van der Waals surface area (Å²) in [5, 5.41) is 13.3. The van der Waals surface area contributed by atoms with Gasteiger partial charge in [0.1, 0.15) is 17.6 Å². The molecule has 9 heteroatoms. The number of ether oxygens (including phenoxy) is 3. The SMILES string of the molecule is CCOc1ccc(Cl)c(/C(O)=C2/C(=O)C(=O)N(c3ccc4c(c3)OCO4)C2c2cccs2)c1. The van der Waals surface area contributed by atoms with E-state index in [2.05, 4.69) is 0 Å². The molecule has 1 fully saturated rings. The lowest BCUT2D eigenvalue weighted by Gasteiger charge is -2.24. The third-order valence-corrected chi connectivity index (χ3v) is 6.65. The minimum absolute atomic E-state index is 0.0457. The van der Waals surface area contributed by atoms with E-state index in [4.69, 9.17) is 25.8 Å². The molecule has 0 aliphatic carbocycles. The second kappa shape index (κ2) is 8.46. The molecular formula is C24H18ClNO6S. The van der Waals surface area contributed by atoms with Crippen molar-refractivity contribution in [1.82, 2.24) is 0 Å². The molecule has 0 spiro atoms. The molecule has 0 saturated carbocycles. The number of nitrogens with zero attached hydrogens (tertiary/aromatic N) is 1. The van der Waals surface area contributed by atoms with Crippen LogP contribution < -0.4 is 19.1 Å². The number of aliphatic hydroxyl groups excluding tert-OH is 1. The number of amides is 1. The summed E-state index contributed by atoms with van der Waals surface area (Å²) in [6.45, 7) is 2.34. The van der Waals surface area contributed by atoms with E-state index in [-0.39, 0.29) is 28.7 Å². The average Bonchev–Trinajstić information content (AvgIpc) is 3.55. The lowest BCUT2D eigenvalue weighted by Crippen LogP contribution is -2.29. The number of aliphatic hydroxyl groups is 1. The number of Topliss-reactive ketones (excluding diaryl/α,β-unsaturated/α-hetero) is 1. The summed E-state index contributed by atoms with van der Waals surface area (Å²) in [5.74, 6) is -0.399. The summed E-state index contributed by atoms with van der Waals surface area (Å²) < 4.78 is 16.3. The molecule has 33 heavy (non-hydrogen) atoms.